The summed E-state index contributed by atoms with van der Waals surface area (Å²) in [5, 5.41) is 27.3. The van der Waals surface area contributed by atoms with Gasteiger partial charge in [-0.3, -0.25) is 4.90 Å². The number of aromatic carboxylic acids is 1. The summed E-state index contributed by atoms with van der Waals surface area (Å²) in [6.07, 6.45) is -2.76. The topological polar surface area (TPSA) is 127 Å². The fraction of sp³-hybridized carbons (Fsp3) is 0.469. The maximum Gasteiger partial charge on any atom is 0.490 e. The predicted octanol–water partition coefficient (Wildman–Crippen LogP) is 6.40. The second-order valence-corrected chi connectivity index (χ2v) is 11.9. The molecule has 5 rings (SSSR count). The molecule has 1 saturated heterocycles. The summed E-state index contributed by atoms with van der Waals surface area (Å²) >= 11 is 0. The quantitative estimate of drug-likeness (QED) is 0.240. The van der Waals surface area contributed by atoms with Gasteiger partial charge in [-0.1, -0.05) is 55.0 Å². The molecule has 1 heterocycles. The molecule has 2 aliphatic carbocycles. The molecule has 1 spiro atoms. The maximum atomic E-state index is 11.1. The van der Waals surface area contributed by atoms with Crippen molar-refractivity contribution in [3.05, 3.63) is 76.4 Å². The number of benzene rings is 2. The highest BCUT2D eigenvalue weighted by atomic mass is 19.4. The number of aliphatic carboxylic acids is 2. The van der Waals surface area contributed by atoms with Crippen LogP contribution in [0.25, 0.3) is 6.08 Å². The van der Waals surface area contributed by atoms with E-state index in [1.54, 1.807) is 17.7 Å². The number of alkyl halides is 6. The van der Waals surface area contributed by atoms with Gasteiger partial charge in [-0.15, -0.1) is 0 Å². The molecule has 3 aliphatic rings. The van der Waals surface area contributed by atoms with Crippen LogP contribution in [0.15, 0.2) is 54.1 Å². The van der Waals surface area contributed by atoms with E-state index < -0.39 is 30.3 Å². The van der Waals surface area contributed by atoms with E-state index in [4.69, 9.17) is 24.9 Å². The van der Waals surface area contributed by atoms with Crippen LogP contribution in [-0.2, 0) is 16.1 Å². The zero-order chi connectivity index (χ0) is 34.4. The molecular weight excluding hydrogens is 622 g/mol. The highest BCUT2D eigenvalue weighted by Gasteiger charge is 2.53. The van der Waals surface area contributed by atoms with Gasteiger partial charge in [0.1, 0.15) is 0 Å². The van der Waals surface area contributed by atoms with E-state index in [1.807, 2.05) is 13.0 Å². The Hall–Kier alpha value is -3.91. The molecule has 0 amide bonds. The van der Waals surface area contributed by atoms with E-state index >= 15 is 0 Å². The summed E-state index contributed by atoms with van der Waals surface area (Å²) in [7, 11) is 0. The van der Waals surface area contributed by atoms with Gasteiger partial charge in [-0.05, 0) is 72.8 Å². The third-order valence-electron chi connectivity index (χ3n) is 8.22. The van der Waals surface area contributed by atoms with Crippen LogP contribution in [0.2, 0.25) is 0 Å². The lowest BCUT2D eigenvalue weighted by Crippen LogP contribution is -2.65. The third-order valence-corrected chi connectivity index (χ3v) is 8.22. The SMILES string of the molecule is CC/C(=C\c1ccccc1)[C@@H]1C[C@H]1NC1CC2(C1)CN(Cc1ccc(C(=O)O)cc1C)C2.O=C(O)C(F)(F)F.O=C(O)C(F)(F)F. The largest absolute Gasteiger partial charge is 0.490 e. The van der Waals surface area contributed by atoms with Gasteiger partial charge in [0.05, 0.1) is 5.56 Å². The molecule has 14 heteroatoms. The number of carboxylic acid groups (broad SMARTS) is 3. The summed E-state index contributed by atoms with van der Waals surface area (Å²) in [6.45, 7) is 7.58. The molecule has 0 unspecified atom stereocenters. The zero-order valence-electron chi connectivity index (χ0n) is 25.2. The van der Waals surface area contributed by atoms with Crippen LogP contribution in [0.4, 0.5) is 26.3 Å². The molecule has 2 aromatic rings. The molecule has 46 heavy (non-hydrogen) atoms. The van der Waals surface area contributed by atoms with E-state index in [-0.39, 0.29) is 0 Å². The standard InChI is InChI=1S/C28H34N2O2.2C2HF3O2/c1-3-21(12-20-7-5-4-6-8-20)25-13-26(25)29-24-14-28(15-24)17-30(18-28)16-23-10-9-22(27(31)32)11-19(23)2;2*3-2(4,5)1(6)7/h4-12,24-26,29H,3,13-18H2,1-2H3,(H,31,32);2*(H,6,7)/b21-12+;;/t25-,26+;;/m0../s1. The Kier molecular flexibility index (Phi) is 11.7. The van der Waals surface area contributed by atoms with E-state index in [9.17, 15) is 31.1 Å². The molecule has 1 aliphatic heterocycles. The highest BCUT2D eigenvalue weighted by Crippen LogP contribution is 2.50. The second kappa shape index (κ2) is 14.7. The van der Waals surface area contributed by atoms with Crippen molar-refractivity contribution < 1.29 is 56.0 Å². The van der Waals surface area contributed by atoms with E-state index in [0.29, 0.717) is 29.0 Å². The fourth-order valence-electron chi connectivity index (χ4n) is 5.95. The minimum Gasteiger partial charge on any atom is -0.478 e. The Labute approximate surface area is 261 Å². The number of aryl methyl sites for hydroxylation is 1. The van der Waals surface area contributed by atoms with Crippen LogP contribution in [0.3, 0.4) is 0 Å². The summed E-state index contributed by atoms with van der Waals surface area (Å²) in [6, 6.07) is 17.5. The van der Waals surface area contributed by atoms with Gasteiger partial charge >= 0.3 is 30.3 Å². The average Bonchev–Trinajstić information content (AvgIpc) is 3.69. The van der Waals surface area contributed by atoms with Gasteiger partial charge in [0.25, 0.3) is 0 Å². The van der Waals surface area contributed by atoms with Crippen LogP contribution < -0.4 is 5.32 Å². The molecule has 3 fully saturated rings. The number of hydrogen-bond acceptors (Lipinski definition) is 5. The van der Waals surface area contributed by atoms with Crippen LogP contribution in [0.1, 0.15) is 59.7 Å². The van der Waals surface area contributed by atoms with E-state index in [1.165, 1.54) is 43.5 Å². The Morgan fingerprint density at radius 3 is 1.93 bits per heavy atom. The van der Waals surface area contributed by atoms with Crippen molar-refractivity contribution in [1.82, 2.24) is 10.2 Å². The first kappa shape index (κ1) is 36.6. The number of carboxylic acids is 3. The lowest BCUT2D eigenvalue weighted by atomic mass is 9.60. The normalized spacial score (nSPS) is 20.7. The molecule has 0 bridgehead atoms. The number of nitrogens with zero attached hydrogens (tertiary/aromatic N) is 1. The van der Waals surface area contributed by atoms with Crippen molar-refractivity contribution in [2.75, 3.05) is 13.1 Å². The molecule has 2 atom stereocenters. The number of likely N-dealkylation sites (tertiary alicyclic amines) is 1. The lowest BCUT2D eigenvalue weighted by molar-refractivity contribution is -0.193. The molecule has 0 radical (unpaired) electrons. The fourth-order valence-corrected chi connectivity index (χ4v) is 5.95. The van der Waals surface area contributed by atoms with Crippen molar-refractivity contribution in [3.63, 3.8) is 0 Å². The summed E-state index contributed by atoms with van der Waals surface area (Å²) < 4.78 is 63.5. The Balaban J connectivity index is 0.000000345. The number of hydrogen-bond donors (Lipinski definition) is 4. The number of halogens is 6. The zero-order valence-corrected chi connectivity index (χ0v) is 25.2. The third kappa shape index (κ3) is 10.3. The van der Waals surface area contributed by atoms with Gasteiger partial charge in [0.2, 0.25) is 0 Å². The Bertz CT molecular complexity index is 1390. The first-order valence-electron chi connectivity index (χ1n) is 14.5. The first-order chi connectivity index (χ1) is 21.3. The summed E-state index contributed by atoms with van der Waals surface area (Å²) in [5.41, 5.74) is 6.13. The summed E-state index contributed by atoms with van der Waals surface area (Å²) in [4.78, 5) is 31.4. The molecule has 2 aromatic carbocycles. The van der Waals surface area contributed by atoms with Gasteiger partial charge in [0, 0.05) is 31.7 Å². The number of nitrogens with one attached hydrogen (secondary N) is 1. The molecule has 8 nitrogen and oxygen atoms in total. The van der Waals surface area contributed by atoms with Crippen LogP contribution in [-0.4, -0.2) is 75.7 Å². The summed E-state index contributed by atoms with van der Waals surface area (Å²) in [5.74, 6) is -5.65. The molecular formula is C32H36F6N2O6. The number of carbonyl (C=O) groups is 3. The predicted molar refractivity (Wildman–Crippen MR) is 156 cm³/mol. The van der Waals surface area contributed by atoms with Gasteiger partial charge in [-0.25, -0.2) is 14.4 Å². The maximum absolute atomic E-state index is 11.1. The number of rotatable bonds is 8. The molecule has 4 N–H and O–H groups in total. The van der Waals surface area contributed by atoms with Crippen molar-refractivity contribution in [2.24, 2.45) is 11.3 Å². The Morgan fingerprint density at radius 2 is 1.48 bits per heavy atom. The van der Waals surface area contributed by atoms with Crippen molar-refractivity contribution in [3.8, 4) is 0 Å². The van der Waals surface area contributed by atoms with E-state index in [0.717, 1.165) is 18.5 Å². The van der Waals surface area contributed by atoms with Crippen LogP contribution in [0.5, 0.6) is 0 Å². The monoisotopic (exact) mass is 658 g/mol. The van der Waals surface area contributed by atoms with Gasteiger partial charge in [-0.2, -0.15) is 26.3 Å². The second-order valence-electron chi connectivity index (χ2n) is 11.9. The van der Waals surface area contributed by atoms with Gasteiger partial charge < -0.3 is 20.6 Å². The Morgan fingerprint density at radius 1 is 0.935 bits per heavy atom. The highest BCUT2D eigenvalue weighted by molar-refractivity contribution is 5.87. The van der Waals surface area contributed by atoms with Crippen LogP contribution >= 0.6 is 0 Å². The average molecular weight is 659 g/mol. The van der Waals surface area contributed by atoms with Crippen LogP contribution in [0, 0.1) is 18.3 Å². The smallest absolute Gasteiger partial charge is 0.478 e. The van der Waals surface area contributed by atoms with Gasteiger partial charge in [0.15, 0.2) is 0 Å². The van der Waals surface area contributed by atoms with Crippen molar-refractivity contribution >= 4 is 24.0 Å². The first-order valence-corrected chi connectivity index (χ1v) is 14.5. The van der Waals surface area contributed by atoms with Crippen molar-refractivity contribution in [1.29, 1.82) is 0 Å². The minimum absolute atomic E-state index is 0.377. The lowest BCUT2D eigenvalue weighted by Gasteiger charge is -2.59. The molecule has 0 aromatic heterocycles. The van der Waals surface area contributed by atoms with E-state index in [2.05, 4.69) is 53.5 Å². The molecule has 252 valence electrons. The van der Waals surface area contributed by atoms with Crippen molar-refractivity contribution in [2.45, 2.75) is 70.5 Å². The molecule has 2 saturated carbocycles. The minimum atomic E-state index is -5.08.